The third-order valence-corrected chi connectivity index (χ3v) is 3.19. The molecule has 2 N–H and O–H groups in total. The van der Waals surface area contributed by atoms with Gasteiger partial charge < -0.3 is 20.1 Å². The second-order valence-electron chi connectivity index (χ2n) is 4.75. The van der Waals surface area contributed by atoms with Gasteiger partial charge >= 0.3 is 12.1 Å². The van der Waals surface area contributed by atoms with Gasteiger partial charge in [0.25, 0.3) is 0 Å². The van der Waals surface area contributed by atoms with Crippen LogP contribution in [-0.2, 0) is 16.1 Å². The van der Waals surface area contributed by atoms with Crippen molar-refractivity contribution in [1.82, 2.24) is 10.2 Å². The summed E-state index contributed by atoms with van der Waals surface area (Å²) in [5.74, 6) is -0.893. The van der Waals surface area contributed by atoms with Crippen molar-refractivity contribution >= 4 is 12.1 Å². The van der Waals surface area contributed by atoms with Crippen LogP contribution in [0.3, 0.4) is 0 Å². The molecule has 1 heterocycles. The molecule has 108 valence electrons. The van der Waals surface area contributed by atoms with Crippen LogP contribution in [0.15, 0.2) is 30.3 Å². The van der Waals surface area contributed by atoms with E-state index in [0.717, 1.165) is 12.0 Å². The molecule has 0 bridgehead atoms. The van der Waals surface area contributed by atoms with Gasteiger partial charge in [0.15, 0.2) is 0 Å². The molecule has 0 spiro atoms. The highest BCUT2D eigenvalue weighted by Gasteiger charge is 2.27. The van der Waals surface area contributed by atoms with Crippen molar-refractivity contribution in [2.45, 2.75) is 19.1 Å². The minimum Gasteiger partial charge on any atom is -0.480 e. The summed E-state index contributed by atoms with van der Waals surface area (Å²) in [5, 5.41) is 11.5. The van der Waals surface area contributed by atoms with E-state index >= 15 is 0 Å². The molecule has 6 nitrogen and oxygen atoms in total. The summed E-state index contributed by atoms with van der Waals surface area (Å²) < 4.78 is 5.23. The largest absolute Gasteiger partial charge is 0.480 e. The lowest BCUT2D eigenvalue weighted by atomic mass is 10.2. The lowest BCUT2D eigenvalue weighted by Crippen LogP contribution is -2.37. The number of aliphatic carboxylic acids is 1. The number of carbonyl (C=O) groups is 2. The number of benzene rings is 1. The second kappa shape index (κ2) is 6.91. The van der Waals surface area contributed by atoms with Gasteiger partial charge in [-0.2, -0.15) is 0 Å². The zero-order chi connectivity index (χ0) is 14.4. The maximum absolute atomic E-state index is 11.9. The Morgan fingerprint density at radius 3 is 2.80 bits per heavy atom. The number of ether oxygens (including phenoxy) is 1. The van der Waals surface area contributed by atoms with E-state index in [1.54, 1.807) is 4.90 Å². The monoisotopic (exact) mass is 278 g/mol. The summed E-state index contributed by atoms with van der Waals surface area (Å²) in [6.07, 6.45) is 0.391. The Balaban J connectivity index is 1.73. The quantitative estimate of drug-likeness (QED) is 0.842. The van der Waals surface area contributed by atoms with Crippen molar-refractivity contribution in [2.24, 2.45) is 0 Å². The number of nitrogens with zero attached hydrogens (tertiary/aromatic N) is 1. The van der Waals surface area contributed by atoms with Crippen molar-refractivity contribution < 1.29 is 19.4 Å². The standard InChI is InChI=1S/C14H18N2O4/c17-13(18)8-15-12-6-7-16(9-12)14(19)20-10-11-4-2-1-3-5-11/h1-5,12,15H,6-10H2,(H,17,18)/t12-/m0/s1. The van der Waals surface area contributed by atoms with Crippen LogP contribution in [-0.4, -0.2) is 47.7 Å². The fourth-order valence-corrected chi connectivity index (χ4v) is 2.13. The Labute approximate surface area is 117 Å². The van der Waals surface area contributed by atoms with Crippen LogP contribution in [0.1, 0.15) is 12.0 Å². The van der Waals surface area contributed by atoms with Crippen molar-refractivity contribution in [3.8, 4) is 0 Å². The number of carboxylic acids is 1. The number of rotatable bonds is 5. The number of hydrogen-bond acceptors (Lipinski definition) is 4. The number of likely N-dealkylation sites (tertiary alicyclic amines) is 1. The predicted octanol–water partition coefficient (Wildman–Crippen LogP) is 1.07. The molecule has 0 unspecified atom stereocenters. The Morgan fingerprint density at radius 1 is 1.35 bits per heavy atom. The molecular weight excluding hydrogens is 260 g/mol. The van der Waals surface area contributed by atoms with Crippen molar-refractivity contribution in [1.29, 1.82) is 0 Å². The molecule has 0 aliphatic carbocycles. The number of carboxylic acid groups (broad SMARTS) is 1. The van der Waals surface area contributed by atoms with Gasteiger partial charge in [-0.3, -0.25) is 4.79 Å². The van der Waals surface area contributed by atoms with Crippen LogP contribution < -0.4 is 5.32 Å². The van der Waals surface area contributed by atoms with Gasteiger partial charge in [0.05, 0.1) is 6.54 Å². The lowest BCUT2D eigenvalue weighted by Gasteiger charge is -2.16. The molecule has 1 amide bonds. The molecule has 1 saturated heterocycles. The van der Waals surface area contributed by atoms with Gasteiger partial charge in [-0.05, 0) is 12.0 Å². The molecule has 2 rings (SSSR count). The molecule has 1 aromatic carbocycles. The van der Waals surface area contributed by atoms with Gasteiger partial charge in [0.1, 0.15) is 6.61 Å². The SMILES string of the molecule is O=C(O)CN[C@H]1CCN(C(=O)OCc2ccccc2)C1. The van der Waals surface area contributed by atoms with Gasteiger partial charge in [-0.1, -0.05) is 30.3 Å². The highest BCUT2D eigenvalue weighted by atomic mass is 16.6. The third-order valence-electron chi connectivity index (χ3n) is 3.19. The van der Waals surface area contributed by atoms with Crippen LogP contribution in [0.2, 0.25) is 0 Å². The van der Waals surface area contributed by atoms with Crippen molar-refractivity contribution in [2.75, 3.05) is 19.6 Å². The van der Waals surface area contributed by atoms with Gasteiger partial charge in [-0.25, -0.2) is 4.79 Å². The zero-order valence-corrected chi connectivity index (χ0v) is 11.1. The zero-order valence-electron chi connectivity index (χ0n) is 11.1. The van der Waals surface area contributed by atoms with Crippen LogP contribution in [0.5, 0.6) is 0 Å². The van der Waals surface area contributed by atoms with Crippen LogP contribution in [0, 0.1) is 0 Å². The highest BCUT2D eigenvalue weighted by Crippen LogP contribution is 2.11. The number of hydrogen-bond donors (Lipinski definition) is 2. The topological polar surface area (TPSA) is 78.9 Å². The Kier molecular flexibility index (Phi) is 4.95. The van der Waals surface area contributed by atoms with E-state index in [4.69, 9.17) is 9.84 Å². The number of nitrogens with one attached hydrogen (secondary N) is 1. The third kappa shape index (κ3) is 4.24. The average Bonchev–Trinajstić information content (AvgIpc) is 2.92. The van der Waals surface area contributed by atoms with Crippen molar-refractivity contribution in [3.05, 3.63) is 35.9 Å². The first-order valence-corrected chi connectivity index (χ1v) is 6.56. The van der Waals surface area contributed by atoms with E-state index in [2.05, 4.69) is 5.32 Å². The van der Waals surface area contributed by atoms with Crippen LogP contribution in [0.25, 0.3) is 0 Å². The summed E-state index contributed by atoms with van der Waals surface area (Å²) in [5.41, 5.74) is 0.945. The summed E-state index contributed by atoms with van der Waals surface area (Å²) in [6, 6.07) is 9.51. The minimum absolute atomic E-state index is 0.0235. The molecule has 1 atom stereocenters. The molecule has 1 fully saturated rings. The molecule has 1 aliphatic heterocycles. The first kappa shape index (κ1) is 14.3. The normalized spacial score (nSPS) is 18.0. The molecule has 1 aromatic rings. The van der Waals surface area contributed by atoms with Crippen LogP contribution in [0.4, 0.5) is 4.79 Å². The first-order chi connectivity index (χ1) is 9.65. The fourth-order valence-electron chi connectivity index (χ4n) is 2.13. The molecule has 20 heavy (non-hydrogen) atoms. The summed E-state index contributed by atoms with van der Waals surface area (Å²) >= 11 is 0. The van der Waals surface area contributed by atoms with E-state index in [1.165, 1.54) is 0 Å². The van der Waals surface area contributed by atoms with E-state index < -0.39 is 5.97 Å². The second-order valence-corrected chi connectivity index (χ2v) is 4.75. The summed E-state index contributed by atoms with van der Waals surface area (Å²) in [7, 11) is 0. The molecule has 1 aliphatic rings. The molecule has 0 radical (unpaired) electrons. The molecular formula is C14H18N2O4. The lowest BCUT2D eigenvalue weighted by molar-refractivity contribution is -0.136. The Morgan fingerprint density at radius 2 is 2.10 bits per heavy atom. The van der Waals surface area contributed by atoms with E-state index in [9.17, 15) is 9.59 Å². The Bertz CT molecular complexity index is 464. The maximum atomic E-state index is 11.9. The van der Waals surface area contributed by atoms with E-state index in [-0.39, 0.29) is 25.3 Å². The number of amides is 1. The maximum Gasteiger partial charge on any atom is 0.410 e. The summed E-state index contributed by atoms with van der Waals surface area (Å²) in [4.78, 5) is 23.9. The average molecular weight is 278 g/mol. The fraction of sp³-hybridized carbons (Fsp3) is 0.429. The predicted molar refractivity (Wildman–Crippen MR) is 72.2 cm³/mol. The molecule has 0 aromatic heterocycles. The molecule has 0 saturated carbocycles. The van der Waals surface area contributed by atoms with E-state index in [1.807, 2.05) is 30.3 Å². The van der Waals surface area contributed by atoms with E-state index in [0.29, 0.717) is 13.1 Å². The summed E-state index contributed by atoms with van der Waals surface area (Å²) in [6.45, 7) is 1.24. The van der Waals surface area contributed by atoms with Gasteiger partial charge in [0, 0.05) is 19.1 Å². The number of carbonyl (C=O) groups excluding carboxylic acids is 1. The van der Waals surface area contributed by atoms with Gasteiger partial charge in [-0.15, -0.1) is 0 Å². The first-order valence-electron chi connectivity index (χ1n) is 6.56. The van der Waals surface area contributed by atoms with Crippen molar-refractivity contribution in [3.63, 3.8) is 0 Å². The van der Waals surface area contributed by atoms with Gasteiger partial charge in [0.2, 0.25) is 0 Å². The smallest absolute Gasteiger partial charge is 0.410 e. The Hall–Kier alpha value is -2.08. The minimum atomic E-state index is -0.893. The van der Waals surface area contributed by atoms with Crippen LogP contribution >= 0.6 is 0 Å². The highest BCUT2D eigenvalue weighted by molar-refractivity contribution is 5.69. The molecule has 6 heteroatoms.